The second-order valence-electron chi connectivity index (χ2n) is 5.55. The predicted octanol–water partition coefficient (Wildman–Crippen LogP) is 5.19. The lowest BCUT2D eigenvalue weighted by Crippen LogP contribution is -2.01. The minimum Gasteiger partial charge on any atom is -0.481 e. The fourth-order valence-electron chi connectivity index (χ4n) is 2.04. The Kier molecular flexibility index (Phi) is 15.6. The summed E-state index contributed by atoms with van der Waals surface area (Å²) in [6, 6.07) is 0. The third-order valence-electron chi connectivity index (χ3n) is 3.33. The minimum absolute atomic E-state index is 0.247. The van der Waals surface area contributed by atoms with E-state index < -0.39 is 12.1 Å². The highest BCUT2D eigenvalue weighted by atomic mass is 16.4. The molecule has 0 aromatic heterocycles. The molecule has 0 amide bonds. The number of carbonyl (C=O) groups is 1. The van der Waals surface area contributed by atoms with E-state index in [1.54, 1.807) is 6.08 Å². The Balaban J connectivity index is 3.56. The predicted molar refractivity (Wildman–Crippen MR) is 97.4 cm³/mol. The van der Waals surface area contributed by atoms with Gasteiger partial charge in [0.2, 0.25) is 0 Å². The second kappa shape index (κ2) is 16.8. The van der Waals surface area contributed by atoms with Crippen LogP contribution in [0.5, 0.6) is 0 Å². The first-order valence-corrected chi connectivity index (χ1v) is 8.70. The highest BCUT2D eigenvalue weighted by molar-refractivity contribution is 5.66. The number of unbranched alkanes of at least 4 members (excludes halogenated alkanes) is 3. The summed E-state index contributed by atoms with van der Waals surface area (Å²) in [5.41, 5.74) is 0. The number of rotatable bonds is 14. The topological polar surface area (TPSA) is 57.5 Å². The fourth-order valence-corrected chi connectivity index (χ4v) is 2.04. The molecule has 0 aliphatic heterocycles. The average Bonchev–Trinajstić information content (AvgIpc) is 2.52. The standard InChI is InChI=1S/C20H32O3/c1-2-3-4-5-6-7-8-9-10-13-16-19(21)17-14-11-12-15-18-20(22)23/h3-4,6-7,9-10,13,16,19,21H,2,5,8,11-12,14-15,17-18H2,1H3,(H,22,23)/t19-/m0/s1. The molecule has 1 atom stereocenters. The van der Waals surface area contributed by atoms with Crippen molar-refractivity contribution in [3.05, 3.63) is 48.6 Å². The summed E-state index contributed by atoms with van der Waals surface area (Å²) in [7, 11) is 0. The van der Waals surface area contributed by atoms with Crippen LogP contribution in [0.2, 0.25) is 0 Å². The quantitative estimate of drug-likeness (QED) is 0.263. The second-order valence-corrected chi connectivity index (χ2v) is 5.55. The smallest absolute Gasteiger partial charge is 0.303 e. The van der Waals surface area contributed by atoms with Crippen molar-refractivity contribution in [3.8, 4) is 0 Å². The molecule has 0 aliphatic rings. The van der Waals surface area contributed by atoms with E-state index in [4.69, 9.17) is 5.11 Å². The SMILES string of the molecule is CCC=CCC=CCC=CC=C[C@H](O)CCCCCCC(=O)O. The van der Waals surface area contributed by atoms with Crippen molar-refractivity contribution >= 4 is 5.97 Å². The zero-order chi connectivity index (χ0) is 17.2. The molecule has 0 aliphatic carbocycles. The van der Waals surface area contributed by atoms with E-state index in [1.165, 1.54) is 0 Å². The van der Waals surface area contributed by atoms with Crippen LogP contribution in [-0.2, 0) is 4.79 Å². The van der Waals surface area contributed by atoms with E-state index in [2.05, 4.69) is 37.3 Å². The summed E-state index contributed by atoms with van der Waals surface area (Å²) < 4.78 is 0. The summed E-state index contributed by atoms with van der Waals surface area (Å²) in [6.45, 7) is 2.13. The summed E-state index contributed by atoms with van der Waals surface area (Å²) in [5, 5.41) is 18.3. The lowest BCUT2D eigenvalue weighted by atomic mass is 10.1. The van der Waals surface area contributed by atoms with Gasteiger partial charge in [-0.3, -0.25) is 4.79 Å². The van der Waals surface area contributed by atoms with Gasteiger partial charge < -0.3 is 10.2 Å². The number of carboxylic acid groups (broad SMARTS) is 1. The molecular formula is C20H32O3. The first-order valence-electron chi connectivity index (χ1n) is 8.70. The number of carboxylic acids is 1. The summed E-state index contributed by atoms with van der Waals surface area (Å²) in [5.74, 6) is -0.730. The molecule has 0 aromatic rings. The zero-order valence-corrected chi connectivity index (χ0v) is 14.4. The lowest BCUT2D eigenvalue weighted by Gasteiger charge is -2.04. The Hall–Kier alpha value is -1.61. The van der Waals surface area contributed by atoms with E-state index >= 15 is 0 Å². The number of aliphatic carboxylic acids is 1. The van der Waals surface area contributed by atoms with Crippen molar-refractivity contribution in [2.45, 2.75) is 70.8 Å². The molecule has 130 valence electrons. The Morgan fingerprint density at radius 2 is 1.57 bits per heavy atom. The number of hydrogen-bond acceptors (Lipinski definition) is 2. The molecule has 0 spiro atoms. The maximum absolute atomic E-state index is 10.3. The van der Waals surface area contributed by atoms with E-state index in [-0.39, 0.29) is 6.42 Å². The Labute approximate surface area is 141 Å². The van der Waals surface area contributed by atoms with Crippen molar-refractivity contribution in [2.75, 3.05) is 0 Å². The third-order valence-corrected chi connectivity index (χ3v) is 3.33. The molecule has 0 bridgehead atoms. The summed E-state index contributed by atoms with van der Waals surface area (Å²) in [4.78, 5) is 10.3. The van der Waals surface area contributed by atoms with Crippen LogP contribution < -0.4 is 0 Å². The number of allylic oxidation sites excluding steroid dienone is 7. The van der Waals surface area contributed by atoms with Crippen LogP contribution in [0, 0.1) is 0 Å². The minimum atomic E-state index is -0.730. The average molecular weight is 320 g/mol. The van der Waals surface area contributed by atoms with Crippen LogP contribution in [-0.4, -0.2) is 22.3 Å². The lowest BCUT2D eigenvalue weighted by molar-refractivity contribution is -0.137. The molecule has 23 heavy (non-hydrogen) atoms. The van der Waals surface area contributed by atoms with Gasteiger partial charge in [-0.2, -0.15) is 0 Å². The van der Waals surface area contributed by atoms with Gasteiger partial charge in [-0.05, 0) is 32.1 Å². The van der Waals surface area contributed by atoms with Gasteiger partial charge in [0.1, 0.15) is 0 Å². The fraction of sp³-hybridized carbons (Fsp3) is 0.550. The third kappa shape index (κ3) is 18.3. The number of aliphatic hydroxyl groups is 1. The van der Waals surface area contributed by atoms with Gasteiger partial charge in [0, 0.05) is 6.42 Å². The molecular weight excluding hydrogens is 288 g/mol. The molecule has 3 nitrogen and oxygen atoms in total. The Bertz CT molecular complexity index is 392. The maximum atomic E-state index is 10.3. The Morgan fingerprint density at radius 3 is 2.26 bits per heavy atom. The molecule has 0 aromatic carbocycles. The van der Waals surface area contributed by atoms with Crippen LogP contribution in [0.1, 0.15) is 64.7 Å². The molecule has 0 rings (SSSR count). The first kappa shape index (κ1) is 21.4. The summed E-state index contributed by atoms with van der Waals surface area (Å²) >= 11 is 0. The van der Waals surface area contributed by atoms with Gasteiger partial charge in [0.25, 0.3) is 0 Å². The van der Waals surface area contributed by atoms with E-state index in [9.17, 15) is 9.90 Å². The molecule has 0 fully saturated rings. The van der Waals surface area contributed by atoms with Crippen molar-refractivity contribution in [3.63, 3.8) is 0 Å². The molecule has 0 saturated carbocycles. The highest BCUT2D eigenvalue weighted by Crippen LogP contribution is 2.08. The monoisotopic (exact) mass is 320 g/mol. The van der Waals surface area contributed by atoms with Crippen molar-refractivity contribution in [1.29, 1.82) is 0 Å². The molecule has 0 saturated heterocycles. The van der Waals surface area contributed by atoms with Gasteiger partial charge >= 0.3 is 5.97 Å². The van der Waals surface area contributed by atoms with Crippen LogP contribution in [0.25, 0.3) is 0 Å². The normalized spacial score (nSPS) is 13.8. The van der Waals surface area contributed by atoms with Gasteiger partial charge in [-0.15, -0.1) is 0 Å². The Morgan fingerprint density at radius 1 is 0.913 bits per heavy atom. The molecule has 0 unspecified atom stereocenters. The van der Waals surface area contributed by atoms with Crippen LogP contribution in [0.15, 0.2) is 48.6 Å². The molecule has 2 N–H and O–H groups in total. The van der Waals surface area contributed by atoms with Gasteiger partial charge in [-0.1, -0.05) is 74.8 Å². The number of aliphatic hydroxyl groups excluding tert-OH is 1. The molecule has 3 heteroatoms. The van der Waals surface area contributed by atoms with Crippen molar-refractivity contribution in [2.24, 2.45) is 0 Å². The van der Waals surface area contributed by atoms with Gasteiger partial charge in [0.15, 0.2) is 0 Å². The van der Waals surface area contributed by atoms with Gasteiger partial charge in [-0.25, -0.2) is 0 Å². The highest BCUT2D eigenvalue weighted by Gasteiger charge is 1.99. The molecule has 0 heterocycles. The first-order chi connectivity index (χ1) is 11.2. The van der Waals surface area contributed by atoms with Crippen LogP contribution >= 0.6 is 0 Å². The summed E-state index contributed by atoms with van der Waals surface area (Å²) in [6.07, 6.45) is 23.5. The van der Waals surface area contributed by atoms with Gasteiger partial charge in [0.05, 0.1) is 6.10 Å². The van der Waals surface area contributed by atoms with E-state index in [0.717, 1.165) is 51.4 Å². The largest absolute Gasteiger partial charge is 0.481 e. The van der Waals surface area contributed by atoms with Crippen LogP contribution in [0.4, 0.5) is 0 Å². The van der Waals surface area contributed by atoms with E-state index in [1.807, 2.05) is 12.2 Å². The number of hydrogen-bond donors (Lipinski definition) is 2. The maximum Gasteiger partial charge on any atom is 0.303 e. The zero-order valence-electron chi connectivity index (χ0n) is 14.4. The molecule has 0 radical (unpaired) electrons. The van der Waals surface area contributed by atoms with E-state index in [0.29, 0.717) is 0 Å². The van der Waals surface area contributed by atoms with Crippen molar-refractivity contribution < 1.29 is 15.0 Å². The van der Waals surface area contributed by atoms with Crippen LogP contribution in [0.3, 0.4) is 0 Å². The van der Waals surface area contributed by atoms with Crippen molar-refractivity contribution in [1.82, 2.24) is 0 Å².